The van der Waals surface area contributed by atoms with E-state index in [1.165, 1.54) is 6.07 Å². The van der Waals surface area contributed by atoms with Gasteiger partial charge in [0.25, 0.3) is 0 Å². The van der Waals surface area contributed by atoms with Crippen molar-refractivity contribution in [3.05, 3.63) is 50.2 Å². The summed E-state index contributed by atoms with van der Waals surface area (Å²) in [7, 11) is 0. The van der Waals surface area contributed by atoms with Crippen molar-refractivity contribution in [3.8, 4) is 0 Å². The summed E-state index contributed by atoms with van der Waals surface area (Å²) in [6.45, 7) is 2.03. The molecular weight excluding hydrogens is 403 g/mol. The van der Waals surface area contributed by atoms with E-state index in [1.54, 1.807) is 12.1 Å². The number of carbonyl (C=O) groups is 1. The van der Waals surface area contributed by atoms with Gasteiger partial charge in [-0.15, -0.1) is 0 Å². The van der Waals surface area contributed by atoms with E-state index < -0.39 is 5.97 Å². The zero-order valence-corrected chi connectivity index (χ0v) is 14.3. The number of carboxylic acids is 1. The Morgan fingerprint density at radius 2 is 2.14 bits per heavy atom. The summed E-state index contributed by atoms with van der Waals surface area (Å²) in [6, 6.07) is 8.60. The molecule has 0 aliphatic carbocycles. The molecule has 0 spiro atoms. The van der Waals surface area contributed by atoms with Gasteiger partial charge in [-0.05, 0) is 59.3 Å². The van der Waals surface area contributed by atoms with Crippen molar-refractivity contribution in [2.24, 2.45) is 0 Å². The number of hydrogen-bond donors (Lipinski definition) is 2. The molecule has 2 N–H and O–H groups in total. The molecule has 2 aromatic rings. The number of aryl methyl sites for hydroxylation is 1. The molecule has 1 aromatic carbocycles. The number of anilines is 2. The van der Waals surface area contributed by atoms with Crippen LogP contribution in [-0.4, -0.2) is 16.1 Å². The maximum Gasteiger partial charge on any atom is 0.335 e. The summed E-state index contributed by atoms with van der Waals surface area (Å²) in [5.41, 5.74) is 1.85. The fourth-order valence-electron chi connectivity index (χ4n) is 1.89. The van der Waals surface area contributed by atoms with E-state index in [9.17, 15) is 9.90 Å². The zero-order chi connectivity index (χ0) is 15.4. The molecule has 1 aromatic heterocycles. The van der Waals surface area contributed by atoms with Crippen LogP contribution >= 0.6 is 34.2 Å². The Hall–Kier alpha value is -1.34. The van der Waals surface area contributed by atoms with E-state index in [0.29, 0.717) is 10.8 Å². The molecule has 0 atom stereocenters. The minimum Gasteiger partial charge on any atom is -0.478 e. The second-order valence-electron chi connectivity index (χ2n) is 4.54. The highest BCUT2D eigenvalue weighted by molar-refractivity contribution is 14.1. The van der Waals surface area contributed by atoms with Gasteiger partial charge in [0, 0.05) is 14.3 Å². The van der Waals surface area contributed by atoms with Crippen LogP contribution in [0.3, 0.4) is 0 Å². The fourth-order valence-corrected chi connectivity index (χ4v) is 2.89. The summed E-state index contributed by atoms with van der Waals surface area (Å²) < 4.78 is 0.944. The molecule has 0 radical (unpaired) electrons. The van der Waals surface area contributed by atoms with Crippen LogP contribution < -0.4 is 5.32 Å². The molecule has 0 aliphatic heterocycles. The van der Waals surface area contributed by atoms with Crippen LogP contribution in [0, 0.1) is 3.57 Å². The standard InChI is InChI=1S/C15H14ClIN2O2/c1-2-3-11-6-9(15(20)21)7-14(18-11)19-13-5-4-10(16)8-12(13)17/h4-8H,2-3H2,1H3,(H,18,19)(H,20,21). The number of pyridine rings is 1. The van der Waals surface area contributed by atoms with Crippen LogP contribution in [-0.2, 0) is 6.42 Å². The number of nitrogens with zero attached hydrogens (tertiary/aromatic N) is 1. The lowest BCUT2D eigenvalue weighted by Crippen LogP contribution is -2.04. The number of nitrogens with one attached hydrogen (secondary N) is 1. The molecule has 2 rings (SSSR count). The van der Waals surface area contributed by atoms with Crippen molar-refractivity contribution >= 4 is 51.7 Å². The minimum atomic E-state index is -0.955. The number of aromatic carboxylic acids is 1. The van der Waals surface area contributed by atoms with Gasteiger partial charge >= 0.3 is 5.97 Å². The van der Waals surface area contributed by atoms with Gasteiger partial charge in [0.05, 0.1) is 11.3 Å². The topological polar surface area (TPSA) is 62.2 Å². The third kappa shape index (κ3) is 4.31. The normalized spacial score (nSPS) is 10.4. The van der Waals surface area contributed by atoms with Crippen molar-refractivity contribution in [1.82, 2.24) is 4.98 Å². The molecular formula is C15H14ClIN2O2. The molecule has 0 saturated carbocycles. The first-order valence-corrected chi connectivity index (χ1v) is 7.91. The summed E-state index contributed by atoms with van der Waals surface area (Å²) in [4.78, 5) is 15.7. The molecule has 1 heterocycles. The van der Waals surface area contributed by atoms with Crippen LogP contribution in [0.4, 0.5) is 11.5 Å². The third-order valence-corrected chi connectivity index (χ3v) is 3.95. The first kappa shape index (κ1) is 16.0. The molecule has 21 heavy (non-hydrogen) atoms. The first-order chi connectivity index (χ1) is 9.99. The Morgan fingerprint density at radius 1 is 1.38 bits per heavy atom. The van der Waals surface area contributed by atoms with Crippen LogP contribution in [0.2, 0.25) is 5.02 Å². The van der Waals surface area contributed by atoms with Gasteiger partial charge in [0.2, 0.25) is 0 Å². The van der Waals surface area contributed by atoms with E-state index >= 15 is 0 Å². The Bertz CT molecular complexity index is 677. The fraction of sp³-hybridized carbons (Fsp3) is 0.200. The van der Waals surface area contributed by atoms with Crippen LogP contribution in [0.15, 0.2) is 30.3 Å². The van der Waals surface area contributed by atoms with Crippen molar-refractivity contribution in [2.75, 3.05) is 5.32 Å². The smallest absolute Gasteiger partial charge is 0.335 e. The monoisotopic (exact) mass is 416 g/mol. The summed E-state index contributed by atoms with van der Waals surface area (Å²) in [6.07, 6.45) is 1.65. The Morgan fingerprint density at radius 3 is 2.76 bits per heavy atom. The van der Waals surface area contributed by atoms with Gasteiger partial charge in [-0.2, -0.15) is 0 Å². The number of benzene rings is 1. The zero-order valence-electron chi connectivity index (χ0n) is 11.4. The Labute approximate surface area is 141 Å². The van der Waals surface area contributed by atoms with Crippen molar-refractivity contribution in [1.29, 1.82) is 0 Å². The lowest BCUT2D eigenvalue weighted by atomic mass is 10.1. The van der Waals surface area contributed by atoms with Gasteiger partial charge in [-0.3, -0.25) is 0 Å². The second-order valence-corrected chi connectivity index (χ2v) is 6.14. The number of hydrogen-bond acceptors (Lipinski definition) is 3. The highest BCUT2D eigenvalue weighted by atomic mass is 127. The quantitative estimate of drug-likeness (QED) is 0.692. The molecule has 0 unspecified atom stereocenters. The maximum atomic E-state index is 11.2. The minimum absolute atomic E-state index is 0.236. The van der Waals surface area contributed by atoms with Crippen LogP contribution in [0.25, 0.3) is 0 Å². The summed E-state index contributed by atoms with van der Waals surface area (Å²) in [5, 5.41) is 13.0. The lowest BCUT2D eigenvalue weighted by Gasteiger charge is -2.10. The van der Waals surface area contributed by atoms with E-state index in [4.69, 9.17) is 11.6 Å². The number of halogens is 2. The molecule has 0 fully saturated rings. The SMILES string of the molecule is CCCc1cc(C(=O)O)cc(Nc2ccc(Cl)cc2I)n1. The molecule has 4 nitrogen and oxygen atoms in total. The van der Waals surface area contributed by atoms with Gasteiger partial charge in [0.15, 0.2) is 0 Å². The Kier molecular flexibility index (Phi) is 5.41. The van der Waals surface area contributed by atoms with Crippen LogP contribution in [0.1, 0.15) is 29.4 Å². The van der Waals surface area contributed by atoms with Crippen LogP contribution in [0.5, 0.6) is 0 Å². The van der Waals surface area contributed by atoms with Crippen molar-refractivity contribution in [2.45, 2.75) is 19.8 Å². The average molecular weight is 417 g/mol. The van der Waals surface area contributed by atoms with Gasteiger partial charge in [-0.25, -0.2) is 9.78 Å². The summed E-state index contributed by atoms with van der Waals surface area (Å²) >= 11 is 8.10. The first-order valence-electron chi connectivity index (χ1n) is 6.46. The highest BCUT2D eigenvalue weighted by Crippen LogP contribution is 2.25. The third-order valence-electron chi connectivity index (χ3n) is 2.83. The predicted octanol–water partition coefficient (Wildman–Crippen LogP) is 4.73. The molecule has 0 aliphatic rings. The van der Waals surface area contributed by atoms with E-state index in [2.05, 4.69) is 32.9 Å². The largest absolute Gasteiger partial charge is 0.478 e. The number of carboxylic acid groups (broad SMARTS) is 1. The van der Waals surface area contributed by atoms with E-state index in [1.807, 2.05) is 19.1 Å². The van der Waals surface area contributed by atoms with Gasteiger partial charge < -0.3 is 10.4 Å². The molecule has 0 saturated heterocycles. The Balaban J connectivity index is 2.36. The molecule has 6 heteroatoms. The predicted molar refractivity (Wildman–Crippen MR) is 92.6 cm³/mol. The van der Waals surface area contributed by atoms with Crippen molar-refractivity contribution < 1.29 is 9.90 Å². The van der Waals surface area contributed by atoms with Gasteiger partial charge in [0.1, 0.15) is 5.82 Å². The van der Waals surface area contributed by atoms with Crippen molar-refractivity contribution in [3.63, 3.8) is 0 Å². The average Bonchev–Trinajstić information content (AvgIpc) is 2.42. The summed E-state index contributed by atoms with van der Waals surface area (Å²) in [5.74, 6) is -0.429. The van der Waals surface area contributed by atoms with E-state index in [0.717, 1.165) is 27.8 Å². The number of aromatic nitrogens is 1. The highest BCUT2D eigenvalue weighted by Gasteiger charge is 2.09. The maximum absolute atomic E-state index is 11.2. The van der Waals surface area contributed by atoms with E-state index in [-0.39, 0.29) is 5.56 Å². The molecule has 0 bridgehead atoms. The molecule has 0 amide bonds. The molecule has 110 valence electrons. The number of rotatable bonds is 5. The second kappa shape index (κ2) is 7.09. The lowest BCUT2D eigenvalue weighted by molar-refractivity contribution is 0.0696. The van der Waals surface area contributed by atoms with Gasteiger partial charge in [-0.1, -0.05) is 24.9 Å².